The van der Waals surface area contributed by atoms with Crippen LogP contribution >= 0.6 is 0 Å². The van der Waals surface area contributed by atoms with Gasteiger partial charge in [-0.2, -0.15) is 0 Å². The molecule has 0 aliphatic heterocycles. The summed E-state index contributed by atoms with van der Waals surface area (Å²) in [6.45, 7) is 14.6. The summed E-state index contributed by atoms with van der Waals surface area (Å²) in [5.74, 6) is 0. The van der Waals surface area contributed by atoms with E-state index in [4.69, 9.17) is 4.43 Å². The van der Waals surface area contributed by atoms with Crippen molar-refractivity contribution in [3.8, 4) is 0 Å². The molecule has 0 aromatic carbocycles. The lowest BCUT2D eigenvalue weighted by Gasteiger charge is -2.40. The maximum absolute atomic E-state index is 5.86. The Hall–Kier alpha value is 0.137. The summed E-state index contributed by atoms with van der Waals surface area (Å²) in [7, 11) is 0.836. The van der Waals surface area contributed by atoms with E-state index in [1.165, 1.54) is 0 Å². The second kappa shape index (κ2) is 6.66. The molecule has 0 saturated heterocycles. The van der Waals surface area contributed by atoms with Crippen molar-refractivity contribution in [3.05, 3.63) is 0 Å². The van der Waals surface area contributed by atoms with Crippen LogP contribution in [-0.4, -0.2) is 39.6 Å². The molecule has 3 heteroatoms. The summed E-state index contributed by atoms with van der Waals surface area (Å²) in [5, 5.41) is 0. The van der Waals surface area contributed by atoms with E-state index in [2.05, 4.69) is 46.4 Å². The van der Waals surface area contributed by atoms with Crippen LogP contribution in [0.25, 0.3) is 0 Å². The predicted octanol–water partition coefficient (Wildman–Crippen LogP) is 1.96. The smallest absolute Gasteiger partial charge is 0.146 e. The molecule has 0 spiro atoms. The van der Waals surface area contributed by atoms with Crippen LogP contribution in [0, 0.1) is 0 Å². The van der Waals surface area contributed by atoms with Crippen molar-refractivity contribution < 1.29 is 4.43 Å². The quantitative estimate of drug-likeness (QED) is 0.621. The first kappa shape index (κ1) is 15.1. The fourth-order valence-electron chi connectivity index (χ4n) is 2.12. The van der Waals surface area contributed by atoms with Crippen LogP contribution in [0.15, 0.2) is 0 Å². The lowest BCUT2D eigenvalue weighted by Crippen LogP contribution is -2.49. The molecule has 0 N–H and O–H groups in total. The van der Waals surface area contributed by atoms with Crippen LogP contribution in [0.4, 0.5) is 0 Å². The zero-order chi connectivity index (χ0) is 12.1. The van der Waals surface area contributed by atoms with Gasteiger partial charge >= 0.3 is 0 Å². The monoisotopic (exact) mass is 231 g/mol. The second-order valence-electron chi connectivity index (χ2n) is 4.95. The zero-order valence-corrected chi connectivity index (χ0v) is 13.6. The van der Waals surface area contributed by atoms with Gasteiger partial charge in [0.2, 0.25) is 0 Å². The second-order valence-corrected chi connectivity index (χ2v) is 5.36. The Morgan fingerprint density at radius 3 is 1.67 bits per heavy atom. The van der Waals surface area contributed by atoms with Crippen LogP contribution in [0.5, 0.6) is 0 Å². The van der Waals surface area contributed by atoms with Crippen molar-refractivity contribution in [1.29, 1.82) is 0 Å². The Morgan fingerprint density at radius 1 is 1.07 bits per heavy atom. The molecule has 15 heavy (non-hydrogen) atoms. The minimum absolute atomic E-state index is 0.0980. The van der Waals surface area contributed by atoms with Gasteiger partial charge in [0, 0.05) is 18.6 Å². The van der Waals surface area contributed by atoms with Gasteiger partial charge < -0.3 is 4.43 Å². The first-order valence-corrected chi connectivity index (χ1v) is 7.05. The van der Waals surface area contributed by atoms with Gasteiger partial charge in [-0.25, -0.2) is 0 Å². The Morgan fingerprint density at radius 2 is 1.47 bits per heavy atom. The van der Waals surface area contributed by atoms with Crippen LogP contribution in [0.1, 0.15) is 54.4 Å². The van der Waals surface area contributed by atoms with E-state index < -0.39 is 0 Å². The van der Waals surface area contributed by atoms with E-state index in [-0.39, 0.29) is 5.60 Å². The Labute approximate surface area is 98.9 Å². The minimum atomic E-state index is 0.0980. The highest BCUT2D eigenvalue weighted by molar-refractivity contribution is 5.98. The summed E-state index contributed by atoms with van der Waals surface area (Å²) < 4.78 is 5.86. The van der Waals surface area contributed by atoms with Gasteiger partial charge in [0.25, 0.3) is 0 Å². The molecule has 0 unspecified atom stereocenters. The third-order valence-electron chi connectivity index (χ3n) is 3.52. The van der Waals surface area contributed by atoms with Crippen molar-refractivity contribution in [3.63, 3.8) is 0 Å². The van der Waals surface area contributed by atoms with Crippen molar-refractivity contribution in [2.45, 2.75) is 72.1 Å². The molecule has 0 bridgehead atoms. The van der Waals surface area contributed by atoms with E-state index >= 15 is 0 Å². The Bertz CT molecular complexity index is 151. The number of hydrogen-bond acceptors (Lipinski definition) is 2. The van der Waals surface area contributed by atoms with Gasteiger partial charge in [-0.1, -0.05) is 13.8 Å². The van der Waals surface area contributed by atoms with Gasteiger partial charge in [-0.3, -0.25) is 4.90 Å². The SMILES string of the molecule is CCC(CC)(CN(C(C)C)C(C)C)O[SiH3]. The van der Waals surface area contributed by atoms with E-state index in [1.807, 2.05) is 0 Å². The summed E-state index contributed by atoms with van der Waals surface area (Å²) in [5.41, 5.74) is 0.0980. The third kappa shape index (κ3) is 4.25. The molecule has 0 aliphatic rings. The molecule has 0 atom stereocenters. The van der Waals surface area contributed by atoms with E-state index in [0.717, 1.165) is 29.9 Å². The normalized spacial score (nSPS) is 13.4. The fourth-order valence-corrected chi connectivity index (χ4v) is 2.83. The highest BCUT2D eigenvalue weighted by Gasteiger charge is 2.29. The maximum atomic E-state index is 5.86. The van der Waals surface area contributed by atoms with E-state index in [0.29, 0.717) is 12.1 Å². The molecular weight excluding hydrogens is 202 g/mol. The lowest BCUT2D eigenvalue weighted by atomic mass is 9.95. The average molecular weight is 231 g/mol. The summed E-state index contributed by atoms with van der Waals surface area (Å²) in [6.07, 6.45) is 2.23. The largest absolute Gasteiger partial charge is 0.421 e. The Balaban J connectivity index is 4.61. The topological polar surface area (TPSA) is 12.5 Å². The van der Waals surface area contributed by atoms with Gasteiger partial charge in [0.05, 0.1) is 5.60 Å². The lowest BCUT2D eigenvalue weighted by molar-refractivity contribution is 0.00572. The highest BCUT2D eigenvalue weighted by atomic mass is 28.2. The fraction of sp³-hybridized carbons (Fsp3) is 1.00. The summed E-state index contributed by atoms with van der Waals surface area (Å²) >= 11 is 0. The molecule has 0 aliphatic carbocycles. The molecule has 0 radical (unpaired) electrons. The zero-order valence-electron chi connectivity index (χ0n) is 11.6. The molecule has 0 heterocycles. The number of rotatable bonds is 7. The van der Waals surface area contributed by atoms with Gasteiger partial charge in [0.1, 0.15) is 10.5 Å². The number of nitrogens with zero attached hydrogens (tertiary/aromatic N) is 1. The Kier molecular flexibility index (Phi) is 6.72. The molecule has 0 amide bonds. The first-order valence-electron chi connectivity index (χ1n) is 6.23. The highest BCUT2D eigenvalue weighted by Crippen LogP contribution is 2.23. The van der Waals surface area contributed by atoms with E-state index in [1.54, 1.807) is 0 Å². The summed E-state index contributed by atoms with van der Waals surface area (Å²) in [4.78, 5) is 2.53. The van der Waals surface area contributed by atoms with Crippen LogP contribution < -0.4 is 0 Å². The third-order valence-corrected chi connectivity index (χ3v) is 4.39. The van der Waals surface area contributed by atoms with Crippen molar-refractivity contribution in [1.82, 2.24) is 4.90 Å². The van der Waals surface area contributed by atoms with Crippen LogP contribution in [0.3, 0.4) is 0 Å². The molecule has 0 rings (SSSR count). The predicted molar refractivity (Wildman–Crippen MR) is 71.3 cm³/mol. The molecule has 92 valence electrons. The van der Waals surface area contributed by atoms with E-state index in [9.17, 15) is 0 Å². The average Bonchev–Trinajstić information content (AvgIpc) is 2.20. The first-order chi connectivity index (χ1) is 6.92. The summed E-state index contributed by atoms with van der Waals surface area (Å²) in [6, 6.07) is 1.19. The molecular formula is C12H29NOSi. The van der Waals surface area contributed by atoms with Crippen molar-refractivity contribution in [2.75, 3.05) is 6.54 Å². The standard InChI is InChI=1S/C12H29NOSi/c1-7-12(8-2,14-15)9-13(10(3)4)11(5)6/h10-11H,7-9H2,1-6,15H3. The molecule has 2 nitrogen and oxygen atoms in total. The molecule has 0 saturated carbocycles. The minimum Gasteiger partial charge on any atom is -0.421 e. The van der Waals surface area contributed by atoms with Gasteiger partial charge in [-0.15, -0.1) is 0 Å². The van der Waals surface area contributed by atoms with Crippen molar-refractivity contribution in [2.24, 2.45) is 0 Å². The molecule has 0 aromatic heterocycles. The van der Waals surface area contributed by atoms with Crippen molar-refractivity contribution >= 4 is 10.5 Å². The van der Waals surface area contributed by atoms with Crippen LogP contribution in [-0.2, 0) is 4.43 Å². The van der Waals surface area contributed by atoms with Gasteiger partial charge in [0.15, 0.2) is 0 Å². The number of hydrogen-bond donors (Lipinski definition) is 0. The van der Waals surface area contributed by atoms with Crippen LogP contribution in [0.2, 0.25) is 0 Å². The molecule has 0 aromatic rings. The maximum Gasteiger partial charge on any atom is 0.146 e. The van der Waals surface area contributed by atoms with Gasteiger partial charge in [-0.05, 0) is 40.5 Å². The molecule has 0 fully saturated rings.